The Morgan fingerprint density at radius 2 is 1.95 bits per heavy atom. The van der Waals surface area contributed by atoms with E-state index in [1.54, 1.807) is 0 Å². The van der Waals surface area contributed by atoms with E-state index in [4.69, 9.17) is 14.2 Å². The molecule has 0 bridgehead atoms. The van der Waals surface area contributed by atoms with Crippen molar-refractivity contribution in [1.82, 2.24) is 0 Å². The Labute approximate surface area is 125 Å². The maximum Gasteiger partial charge on any atom is 0.302 e. The monoisotopic (exact) mass is 290 g/mol. The van der Waals surface area contributed by atoms with Gasteiger partial charge in [0.05, 0.1) is 0 Å². The van der Waals surface area contributed by atoms with E-state index in [-0.39, 0.29) is 24.3 Å². The summed E-state index contributed by atoms with van der Waals surface area (Å²) in [7, 11) is 0. The minimum Gasteiger partial charge on any atom is -0.460 e. The van der Waals surface area contributed by atoms with Gasteiger partial charge in [0, 0.05) is 6.92 Å². The van der Waals surface area contributed by atoms with Crippen LogP contribution in [0.25, 0.3) is 6.08 Å². The molecule has 1 heterocycles. The van der Waals surface area contributed by atoms with Gasteiger partial charge in [-0.3, -0.25) is 4.79 Å². The van der Waals surface area contributed by atoms with Gasteiger partial charge < -0.3 is 14.2 Å². The number of benzene rings is 1. The molecule has 21 heavy (non-hydrogen) atoms. The average molecular weight is 290 g/mol. The van der Waals surface area contributed by atoms with Crippen molar-refractivity contribution in [2.24, 2.45) is 0 Å². The number of rotatable bonds is 4. The second kappa shape index (κ2) is 6.41. The Kier molecular flexibility index (Phi) is 4.80. The third kappa shape index (κ3) is 4.41. The van der Waals surface area contributed by atoms with Gasteiger partial charge in [0.25, 0.3) is 0 Å². The van der Waals surface area contributed by atoms with E-state index in [9.17, 15) is 4.79 Å². The first-order chi connectivity index (χ1) is 9.87. The van der Waals surface area contributed by atoms with E-state index < -0.39 is 5.79 Å². The summed E-state index contributed by atoms with van der Waals surface area (Å²) in [5.74, 6) is -1.01. The molecular formula is C17H22O4. The fourth-order valence-corrected chi connectivity index (χ4v) is 2.43. The van der Waals surface area contributed by atoms with Crippen LogP contribution in [0.3, 0.4) is 0 Å². The third-order valence-electron chi connectivity index (χ3n) is 3.26. The summed E-state index contributed by atoms with van der Waals surface area (Å²) in [5, 5.41) is 0. The average Bonchev–Trinajstić information content (AvgIpc) is 2.72. The smallest absolute Gasteiger partial charge is 0.302 e. The zero-order valence-corrected chi connectivity index (χ0v) is 12.9. The van der Waals surface area contributed by atoms with E-state index >= 15 is 0 Å². The van der Waals surface area contributed by atoms with E-state index in [2.05, 4.69) is 0 Å². The molecule has 114 valence electrons. The lowest BCUT2D eigenvalue weighted by atomic mass is 10.1. The predicted molar refractivity (Wildman–Crippen MR) is 80.5 cm³/mol. The Bertz CT molecular complexity index is 507. The number of hydrogen-bond donors (Lipinski definition) is 0. The zero-order chi connectivity index (χ0) is 15.5. The first-order valence-corrected chi connectivity index (χ1v) is 7.13. The highest BCUT2D eigenvalue weighted by atomic mass is 16.8. The summed E-state index contributed by atoms with van der Waals surface area (Å²) in [6.07, 6.45) is 3.01. The molecule has 0 aromatic heterocycles. The number of hydrogen-bond acceptors (Lipinski definition) is 4. The van der Waals surface area contributed by atoms with Crippen molar-refractivity contribution >= 4 is 12.0 Å². The predicted octanol–water partition coefficient (Wildman–Crippen LogP) is 3.17. The Balaban J connectivity index is 2.11. The SMILES string of the molecule is CC(=O)O[C@H](C)[C@H]1OC(C)(C)O[C@@H]1/C=C/c1ccccc1. The van der Waals surface area contributed by atoms with Gasteiger partial charge in [0.15, 0.2) is 5.79 Å². The fourth-order valence-electron chi connectivity index (χ4n) is 2.43. The summed E-state index contributed by atoms with van der Waals surface area (Å²) in [4.78, 5) is 11.1. The summed E-state index contributed by atoms with van der Waals surface area (Å²) in [6.45, 7) is 6.93. The third-order valence-corrected chi connectivity index (χ3v) is 3.26. The van der Waals surface area contributed by atoms with Gasteiger partial charge in [0.2, 0.25) is 0 Å². The van der Waals surface area contributed by atoms with E-state index in [0.29, 0.717) is 0 Å². The standard InChI is InChI=1S/C17H22O4/c1-12(19-13(2)18)16-15(20-17(3,4)21-16)11-10-14-8-6-5-7-9-14/h5-12,15-16H,1-4H3/b11-10+/t12-,15-,16-/m1/s1. The number of esters is 1. The molecule has 1 aromatic carbocycles. The van der Waals surface area contributed by atoms with Crippen molar-refractivity contribution in [2.75, 3.05) is 0 Å². The van der Waals surface area contributed by atoms with Crippen LogP contribution in [0.2, 0.25) is 0 Å². The van der Waals surface area contributed by atoms with Gasteiger partial charge in [-0.1, -0.05) is 42.5 Å². The van der Waals surface area contributed by atoms with Crippen LogP contribution in [-0.2, 0) is 19.0 Å². The summed E-state index contributed by atoms with van der Waals surface area (Å²) < 4.78 is 17.0. The number of carbonyl (C=O) groups excluding carboxylic acids is 1. The molecule has 0 aliphatic carbocycles. The van der Waals surface area contributed by atoms with Crippen molar-refractivity contribution in [3.05, 3.63) is 42.0 Å². The van der Waals surface area contributed by atoms with Crippen molar-refractivity contribution < 1.29 is 19.0 Å². The molecule has 0 radical (unpaired) electrons. The molecule has 2 rings (SSSR count). The van der Waals surface area contributed by atoms with Crippen LogP contribution in [0.15, 0.2) is 36.4 Å². The van der Waals surface area contributed by atoms with E-state index in [1.165, 1.54) is 6.92 Å². The van der Waals surface area contributed by atoms with Crippen LogP contribution in [0.5, 0.6) is 0 Å². The molecule has 4 heteroatoms. The molecule has 0 spiro atoms. The lowest BCUT2D eigenvalue weighted by Crippen LogP contribution is -2.35. The van der Waals surface area contributed by atoms with Gasteiger partial charge in [-0.05, 0) is 26.3 Å². The highest BCUT2D eigenvalue weighted by molar-refractivity contribution is 5.66. The zero-order valence-electron chi connectivity index (χ0n) is 12.9. The van der Waals surface area contributed by atoms with E-state index in [0.717, 1.165) is 5.56 Å². The molecule has 3 atom stereocenters. The molecule has 4 nitrogen and oxygen atoms in total. The fraction of sp³-hybridized carbons (Fsp3) is 0.471. The van der Waals surface area contributed by atoms with Crippen LogP contribution in [0.4, 0.5) is 0 Å². The minimum atomic E-state index is -0.690. The normalized spacial score (nSPS) is 25.9. The van der Waals surface area contributed by atoms with Crippen LogP contribution in [0, 0.1) is 0 Å². The summed E-state index contributed by atoms with van der Waals surface area (Å²) in [5.41, 5.74) is 1.09. The lowest BCUT2D eigenvalue weighted by molar-refractivity contribution is -0.167. The molecule has 0 saturated carbocycles. The lowest BCUT2D eigenvalue weighted by Gasteiger charge is -2.21. The van der Waals surface area contributed by atoms with Gasteiger partial charge >= 0.3 is 5.97 Å². The Hall–Kier alpha value is -1.65. The van der Waals surface area contributed by atoms with Gasteiger partial charge in [-0.25, -0.2) is 0 Å². The van der Waals surface area contributed by atoms with Crippen molar-refractivity contribution in [3.63, 3.8) is 0 Å². The van der Waals surface area contributed by atoms with Gasteiger partial charge in [-0.2, -0.15) is 0 Å². The molecule has 1 aromatic rings. The molecule has 0 amide bonds. The van der Waals surface area contributed by atoms with E-state index in [1.807, 2.05) is 63.3 Å². The number of ether oxygens (including phenoxy) is 3. The van der Waals surface area contributed by atoms with Crippen LogP contribution < -0.4 is 0 Å². The Morgan fingerprint density at radius 3 is 2.57 bits per heavy atom. The first-order valence-electron chi connectivity index (χ1n) is 7.13. The number of carbonyl (C=O) groups is 1. The second-order valence-corrected chi connectivity index (χ2v) is 5.65. The molecule has 1 saturated heterocycles. The topological polar surface area (TPSA) is 44.8 Å². The quantitative estimate of drug-likeness (QED) is 0.799. The van der Waals surface area contributed by atoms with Crippen molar-refractivity contribution in [1.29, 1.82) is 0 Å². The second-order valence-electron chi connectivity index (χ2n) is 5.65. The summed E-state index contributed by atoms with van der Waals surface area (Å²) in [6, 6.07) is 9.97. The minimum absolute atomic E-state index is 0.255. The maximum atomic E-state index is 11.1. The maximum absolute atomic E-state index is 11.1. The summed E-state index contributed by atoms with van der Waals surface area (Å²) >= 11 is 0. The van der Waals surface area contributed by atoms with Gasteiger partial charge in [-0.15, -0.1) is 0 Å². The van der Waals surface area contributed by atoms with Crippen molar-refractivity contribution in [3.8, 4) is 0 Å². The molecular weight excluding hydrogens is 268 g/mol. The molecule has 1 aliphatic rings. The molecule has 0 unspecified atom stereocenters. The molecule has 1 fully saturated rings. The largest absolute Gasteiger partial charge is 0.460 e. The Morgan fingerprint density at radius 1 is 1.29 bits per heavy atom. The van der Waals surface area contributed by atoms with Crippen LogP contribution in [-0.4, -0.2) is 30.1 Å². The molecule has 1 aliphatic heterocycles. The van der Waals surface area contributed by atoms with Crippen LogP contribution >= 0.6 is 0 Å². The van der Waals surface area contributed by atoms with Crippen LogP contribution in [0.1, 0.15) is 33.3 Å². The highest BCUT2D eigenvalue weighted by Crippen LogP contribution is 2.32. The van der Waals surface area contributed by atoms with Gasteiger partial charge in [0.1, 0.15) is 18.3 Å². The first kappa shape index (κ1) is 15.7. The molecule has 0 N–H and O–H groups in total. The highest BCUT2D eigenvalue weighted by Gasteiger charge is 2.43. The van der Waals surface area contributed by atoms with Crippen molar-refractivity contribution in [2.45, 2.75) is 51.8 Å².